The highest BCUT2D eigenvalue weighted by atomic mass is 16.5. The molecule has 3 fully saturated rings. The lowest BCUT2D eigenvalue weighted by atomic mass is 9.78. The van der Waals surface area contributed by atoms with Crippen LogP contribution >= 0.6 is 0 Å². The summed E-state index contributed by atoms with van der Waals surface area (Å²) in [6.07, 6.45) is 7.79. The molecule has 0 aromatic rings. The topological polar surface area (TPSA) is 35.2 Å². The first kappa shape index (κ1) is 8.25. The summed E-state index contributed by atoms with van der Waals surface area (Å²) in [5.41, 5.74) is 6.28. The highest BCUT2D eigenvalue weighted by Gasteiger charge is 2.53. The SMILES string of the molecule is NC1CCOC2(C1)CC1CCC2C1. The van der Waals surface area contributed by atoms with Crippen molar-refractivity contribution in [2.24, 2.45) is 17.6 Å². The van der Waals surface area contributed by atoms with Gasteiger partial charge in [0.1, 0.15) is 0 Å². The lowest BCUT2D eigenvalue weighted by Crippen LogP contribution is -2.48. The van der Waals surface area contributed by atoms with E-state index >= 15 is 0 Å². The third-order valence-electron chi connectivity index (χ3n) is 4.41. The minimum atomic E-state index is 0.237. The van der Waals surface area contributed by atoms with Gasteiger partial charge < -0.3 is 10.5 Å². The monoisotopic (exact) mass is 181 g/mol. The fourth-order valence-corrected chi connectivity index (χ4v) is 3.84. The first-order valence-electron chi connectivity index (χ1n) is 5.68. The molecular weight excluding hydrogens is 162 g/mol. The van der Waals surface area contributed by atoms with Crippen LogP contribution in [0.4, 0.5) is 0 Å². The molecule has 3 aliphatic rings. The fourth-order valence-electron chi connectivity index (χ4n) is 3.84. The molecule has 2 N–H and O–H groups in total. The summed E-state index contributed by atoms with van der Waals surface area (Å²) < 4.78 is 6.05. The third kappa shape index (κ3) is 1.15. The van der Waals surface area contributed by atoms with Gasteiger partial charge in [-0.25, -0.2) is 0 Å². The van der Waals surface area contributed by atoms with Crippen LogP contribution in [0.15, 0.2) is 0 Å². The van der Waals surface area contributed by atoms with Gasteiger partial charge in [0, 0.05) is 12.6 Å². The molecule has 1 spiro atoms. The zero-order valence-corrected chi connectivity index (χ0v) is 8.17. The van der Waals surface area contributed by atoms with Gasteiger partial charge in [-0.3, -0.25) is 0 Å². The maximum Gasteiger partial charge on any atom is 0.0728 e. The Morgan fingerprint density at radius 2 is 2.08 bits per heavy atom. The van der Waals surface area contributed by atoms with E-state index in [1.54, 1.807) is 0 Å². The number of ether oxygens (including phenoxy) is 1. The second kappa shape index (κ2) is 2.71. The van der Waals surface area contributed by atoms with Gasteiger partial charge in [-0.1, -0.05) is 0 Å². The Labute approximate surface area is 79.8 Å². The number of nitrogens with two attached hydrogens (primary N) is 1. The van der Waals surface area contributed by atoms with Crippen LogP contribution in [0.25, 0.3) is 0 Å². The molecule has 3 rings (SSSR count). The maximum absolute atomic E-state index is 6.05. The molecule has 0 amide bonds. The molecule has 4 atom stereocenters. The van der Waals surface area contributed by atoms with E-state index in [1.165, 1.54) is 25.7 Å². The molecule has 74 valence electrons. The van der Waals surface area contributed by atoms with Crippen molar-refractivity contribution in [2.75, 3.05) is 6.61 Å². The summed E-state index contributed by atoms with van der Waals surface area (Å²) in [4.78, 5) is 0. The normalized spacial score (nSPS) is 54.7. The van der Waals surface area contributed by atoms with Crippen molar-refractivity contribution in [3.05, 3.63) is 0 Å². The average Bonchev–Trinajstić information content (AvgIpc) is 2.63. The van der Waals surface area contributed by atoms with E-state index in [9.17, 15) is 0 Å². The van der Waals surface area contributed by atoms with Gasteiger partial charge in [-0.05, 0) is 50.4 Å². The maximum atomic E-state index is 6.05. The van der Waals surface area contributed by atoms with Gasteiger partial charge in [0.05, 0.1) is 5.60 Å². The number of hydrogen-bond donors (Lipinski definition) is 1. The summed E-state index contributed by atoms with van der Waals surface area (Å²) in [7, 11) is 0. The average molecular weight is 181 g/mol. The Morgan fingerprint density at radius 1 is 1.15 bits per heavy atom. The minimum absolute atomic E-state index is 0.237. The van der Waals surface area contributed by atoms with E-state index in [0.717, 1.165) is 31.3 Å². The molecule has 0 radical (unpaired) electrons. The van der Waals surface area contributed by atoms with Gasteiger partial charge in [0.2, 0.25) is 0 Å². The molecule has 2 aliphatic carbocycles. The minimum Gasteiger partial charge on any atom is -0.375 e. The van der Waals surface area contributed by atoms with Gasteiger partial charge >= 0.3 is 0 Å². The van der Waals surface area contributed by atoms with Crippen molar-refractivity contribution >= 4 is 0 Å². The van der Waals surface area contributed by atoms with E-state index < -0.39 is 0 Å². The fraction of sp³-hybridized carbons (Fsp3) is 1.00. The summed E-state index contributed by atoms with van der Waals surface area (Å²) in [6, 6.07) is 0.410. The lowest BCUT2D eigenvalue weighted by Gasteiger charge is -2.43. The van der Waals surface area contributed by atoms with Crippen LogP contribution in [-0.4, -0.2) is 18.2 Å². The van der Waals surface area contributed by atoms with Crippen molar-refractivity contribution in [1.82, 2.24) is 0 Å². The van der Waals surface area contributed by atoms with Crippen molar-refractivity contribution in [3.63, 3.8) is 0 Å². The molecule has 13 heavy (non-hydrogen) atoms. The largest absolute Gasteiger partial charge is 0.375 e. The zero-order valence-electron chi connectivity index (χ0n) is 8.17. The third-order valence-corrected chi connectivity index (χ3v) is 4.41. The van der Waals surface area contributed by atoms with E-state index in [0.29, 0.717) is 6.04 Å². The van der Waals surface area contributed by atoms with Crippen LogP contribution in [0.1, 0.15) is 38.5 Å². The van der Waals surface area contributed by atoms with Crippen LogP contribution in [0.3, 0.4) is 0 Å². The molecule has 1 aliphatic heterocycles. The first-order chi connectivity index (χ1) is 6.28. The number of hydrogen-bond acceptors (Lipinski definition) is 2. The molecule has 1 saturated heterocycles. The first-order valence-corrected chi connectivity index (χ1v) is 5.68. The van der Waals surface area contributed by atoms with E-state index in [-0.39, 0.29) is 5.60 Å². The molecule has 4 unspecified atom stereocenters. The van der Waals surface area contributed by atoms with Crippen molar-refractivity contribution in [3.8, 4) is 0 Å². The smallest absolute Gasteiger partial charge is 0.0728 e. The molecule has 2 saturated carbocycles. The summed E-state index contributed by atoms with van der Waals surface area (Å²) >= 11 is 0. The second-order valence-electron chi connectivity index (χ2n) is 5.25. The van der Waals surface area contributed by atoms with Crippen LogP contribution in [0.5, 0.6) is 0 Å². The predicted octanol–water partition coefficient (Wildman–Crippen LogP) is 1.68. The highest BCUT2D eigenvalue weighted by molar-refractivity contribution is 5.05. The Bertz CT molecular complexity index is 218. The summed E-state index contributed by atoms with van der Waals surface area (Å²) in [5, 5.41) is 0. The molecule has 2 nitrogen and oxygen atoms in total. The van der Waals surface area contributed by atoms with Crippen molar-refractivity contribution < 1.29 is 4.74 Å². The Kier molecular flexibility index (Phi) is 1.72. The quantitative estimate of drug-likeness (QED) is 0.617. The predicted molar refractivity (Wildman–Crippen MR) is 51.3 cm³/mol. The van der Waals surface area contributed by atoms with E-state index in [1.807, 2.05) is 0 Å². The van der Waals surface area contributed by atoms with Crippen molar-refractivity contribution in [2.45, 2.75) is 50.2 Å². The van der Waals surface area contributed by atoms with Crippen LogP contribution in [0, 0.1) is 11.8 Å². The molecule has 2 bridgehead atoms. The van der Waals surface area contributed by atoms with Crippen molar-refractivity contribution in [1.29, 1.82) is 0 Å². The van der Waals surface area contributed by atoms with E-state index in [2.05, 4.69) is 0 Å². The van der Waals surface area contributed by atoms with Gasteiger partial charge in [0.25, 0.3) is 0 Å². The van der Waals surface area contributed by atoms with Crippen LogP contribution < -0.4 is 5.73 Å². The zero-order chi connectivity index (χ0) is 8.89. The second-order valence-corrected chi connectivity index (χ2v) is 5.25. The Hall–Kier alpha value is -0.0800. The number of fused-ring (bicyclic) bond motifs is 3. The Balaban J connectivity index is 1.81. The lowest BCUT2D eigenvalue weighted by molar-refractivity contribution is -0.117. The van der Waals surface area contributed by atoms with Gasteiger partial charge in [-0.2, -0.15) is 0 Å². The molecule has 0 aromatic carbocycles. The van der Waals surface area contributed by atoms with Gasteiger partial charge in [-0.15, -0.1) is 0 Å². The molecule has 2 heteroatoms. The molecule has 1 heterocycles. The van der Waals surface area contributed by atoms with Crippen LogP contribution in [0.2, 0.25) is 0 Å². The molecule has 0 aromatic heterocycles. The van der Waals surface area contributed by atoms with Gasteiger partial charge in [0.15, 0.2) is 0 Å². The standard InChI is InChI=1S/C11H19NO/c12-10-3-4-13-11(7-10)6-8-1-2-9(11)5-8/h8-10H,1-7,12H2. The Morgan fingerprint density at radius 3 is 2.69 bits per heavy atom. The highest BCUT2D eigenvalue weighted by Crippen LogP contribution is 2.55. The molecular formula is C11H19NO. The van der Waals surface area contributed by atoms with E-state index in [4.69, 9.17) is 10.5 Å². The number of rotatable bonds is 0. The van der Waals surface area contributed by atoms with Crippen LogP contribution in [-0.2, 0) is 4.74 Å². The summed E-state index contributed by atoms with van der Waals surface area (Å²) in [6.45, 7) is 0.907. The summed E-state index contributed by atoms with van der Waals surface area (Å²) in [5.74, 6) is 1.82.